The van der Waals surface area contributed by atoms with Crippen LogP contribution in [0, 0.1) is 0 Å². The maximum Gasteiger partial charge on any atom is 0.321 e. The van der Waals surface area contributed by atoms with E-state index in [0.29, 0.717) is 26.2 Å². The molecule has 20 heavy (non-hydrogen) atoms. The van der Waals surface area contributed by atoms with Gasteiger partial charge in [-0.1, -0.05) is 0 Å². The number of aliphatic carboxylic acids is 2. The maximum atomic E-state index is 10.8. The van der Waals surface area contributed by atoms with Gasteiger partial charge < -0.3 is 20.3 Å². The van der Waals surface area contributed by atoms with Gasteiger partial charge in [-0.3, -0.25) is 4.79 Å². The molecule has 0 saturated carbocycles. The summed E-state index contributed by atoms with van der Waals surface area (Å²) in [4.78, 5) is 21.3. The van der Waals surface area contributed by atoms with Crippen molar-refractivity contribution >= 4 is 23.4 Å². The lowest BCUT2D eigenvalue weighted by atomic mass is 10.2. The molecule has 0 saturated heterocycles. The molecule has 0 heterocycles. The van der Waals surface area contributed by atoms with E-state index in [9.17, 15) is 14.7 Å². The summed E-state index contributed by atoms with van der Waals surface area (Å²) in [5.74, 6) is -2.59. The number of nitrogens with one attached hydrogen (secondary N) is 1. The van der Waals surface area contributed by atoms with E-state index in [1.807, 2.05) is 20.8 Å². The lowest BCUT2D eigenvalue weighted by molar-refractivity contribution is -0.306. The molecule has 8 heteroatoms. The van der Waals surface area contributed by atoms with Crippen molar-refractivity contribution in [1.29, 1.82) is 0 Å². The van der Waals surface area contributed by atoms with Crippen LogP contribution in [0.4, 0.5) is 0 Å². The van der Waals surface area contributed by atoms with Gasteiger partial charge in [0, 0.05) is 25.4 Å². The van der Waals surface area contributed by atoms with Crippen LogP contribution in [0.2, 0.25) is 0 Å². The van der Waals surface area contributed by atoms with Gasteiger partial charge in [0.05, 0.1) is 0 Å². The molecule has 7 nitrogen and oxygen atoms in total. The Morgan fingerprint density at radius 2 is 1.85 bits per heavy atom. The molecule has 0 bridgehead atoms. The first-order valence-electron chi connectivity index (χ1n) is 6.57. The highest BCUT2D eigenvalue weighted by molar-refractivity contribution is 7.88. The molecule has 1 unspecified atom stereocenters. The Kier molecular flexibility index (Phi) is 10.4. The molecular formula is C12H23NO6S. The van der Waals surface area contributed by atoms with Crippen LogP contribution >= 0.6 is 0 Å². The van der Waals surface area contributed by atoms with Gasteiger partial charge in [-0.15, -0.1) is 8.37 Å². The molecule has 0 radical (unpaired) electrons. The Morgan fingerprint density at radius 1 is 1.30 bits per heavy atom. The first-order valence-corrected chi connectivity index (χ1v) is 7.71. The molecule has 0 fully saturated rings. The standard InChI is InChI=1S/C12H23NO6S/c1-4-18-20(19-5-2)9(3)6-7-13-10(12(16)17)8-11(14)15/h9-10,13H,4-8H2,1-3H3,(H-,14,15,16,17)/t9?,10-/m0/s1. The molecule has 0 amide bonds. The van der Waals surface area contributed by atoms with E-state index in [0.717, 1.165) is 0 Å². The molecule has 0 aromatic carbocycles. The van der Waals surface area contributed by atoms with E-state index in [2.05, 4.69) is 5.32 Å². The third-order valence-corrected chi connectivity index (χ3v) is 4.24. The number of hydrogen-bond donors (Lipinski definition) is 2. The Morgan fingerprint density at radius 3 is 2.25 bits per heavy atom. The summed E-state index contributed by atoms with van der Waals surface area (Å²) in [5, 5.41) is 22.1. The van der Waals surface area contributed by atoms with Gasteiger partial charge in [0.25, 0.3) is 0 Å². The number of carboxylic acid groups (broad SMARTS) is 2. The predicted molar refractivity (Wildman–Crippen MR) is 73.7 cm³/mol. The normalized spacial score (nSPS) is 14.2. The summed E-state index contributed by atoms with van der Waals surface area (Å²) < 4.78 is 10.9. The third kappa shape index (κ3) is 8.36. The van der Waals surface area contributed by atoms with Gasteiger partial charge in [-0.2, -0.15) is 0 Å². The molecular weight excluding hydrogens is 286 g/mol. The highest BCUT2D eigenvalue weighted by Gasteiger charge is 2.31. The van der Waals surface area contributed by atoms with Crippen molar-refractivity contribution in [2.24, 2.45) is 0 Å². The Balaban J connectivity index is 4.16. The first-order chi connectivity index (χ1) is 9.42. The summed E-state index contributed by atoms with van der Waals surface area (Å²) in [6.45, 7) is 7.17. The largest absolute Gasteiger partial charge is 0.550 e. The van der Waals surface area contributed by atoms with Crippen molar-refractivity contribution in [2.45, 2.75) is 44.9 Å². The van der Waals surface area contributed by atoms with Crippen LogP contribution < -0.4 is 10.4 Å². The zero-order valence-corrected chi connectivity index (χ0v) is 12.9. The van der Waals surface area contributed by atoms with E-state index in [4.69, 9.17) is 13.5 Å². The topological polar surface area (TPSA) is 108 Å². The summed E-state index contributed by atoms with van der Waals surface area (Å²) in [6.07, 6.45) is 0.0757. The second-order valence-electron chi connectivity index (χ2n) is 4.09. The minimum Gasteiger partial charge on any atom is -0.550 e. The summed E-state index contributed by atoms with van der Waals surface area (Å²) in [7, 11) is 0. The molecule has 0 aromatic rings. The van der Waals surface area contributed by atoms with Gasteiger partial charge >= 0.3 is 17.4 Å². The van der Waals surface area contributed by atoms with Crippen molar-refractivity contribution in [3.63, 3.8) is 0 Å². The summed E-state index contributed by atoms with van der Waals surface area (Å²) in [6, 6.07) is -1.13. The van der Waals surface area contributed by atoms with Gasteiger partial charge in [-0.05, 0) is 20.8 Å². The van der Waals surface area contributed by atoms with Crippen LogP contribution in [0.3, 0.4) is 0 Å². The third-order valence-electron chi connectivity index (χ3n) is 2.41. The summed E-state index contributed by atoms with van der Waals surface area (Å²) in [5.41, 5.74) is 0. The quantitative estimate of drug-likeness (QED) is 0.466. The monoisotopic (exact) mass is 309 g/mol. The average Bonchev–Trinajstić information content (AvgIpc) is 2.36. The lowest BCUT2D eigenvalue weighted by Gasteiger charge is -2.16. The fourth-order valence-corrected chi connectivity index (χ4v) is 2.78. The Hall–Kier alpha value is -0.830. The fourth-order valence-electron chi connectivity index (χ4n) is 1.47. The number of rotatable bonds is 12. The van der Waals surface area contributed by atoms with Crippen LogP contribution in [0.15, 0.2) is 0 Å². The van der Waals surface area contributed by atoms with Gasteiger partial charge in [-0.25, -0.2) is 0 Å². The molecule has 0 rings (SSSR count). The van der Waals surface area contributed by atoms with Crippen molar-refractivity contribution in [3.8, 4) is 0 Å². The molecule has 2 N–H and O–H groups in total. The average molecular weight is 309 g/mol. The van der Waals surface area contributed by atoms with E-state index >= 15 is 0 Å². The minimum absolute atomic E-state index is 0.0970. The molecule has 0 spiro atoms. The first kappa shape index (κ1) is 19.2. The zero-order valence-electron chi connectivity index (χ0n) is 12.1. The second-order valence-corrected chi connectivity index (χ2v) is 5.89. The minimum atomic E-state index is -1.39. The second kappa shape index (κ2) is 10.9. The van der Waals surface area contributed by atoms with Gasteiger partial charge in [0.15, 0.2) is 5.25 Å². The molecule has 2 atom stereocenters. The number of hydrogen-bond acceptors (Lipinski definition) is 6. The maximum absolute atomic E-state index is 10.8. The molecule has 0 aliphatic carbocycles. The number of carbonyl (C=O) groups excluding carboxylic acids is 1. The lowest BCUT2D eigenvalue weighted by Crippen LogP contribution is -2.43. The smallest absolute Gasteiger partial charge is 0.321 e. The summed E-state index contributed by atoms with van der Waals surface area (Å²) >= 11 is -0.622. The van der Waals surface area contributed by atoms with Gasteiger partial charge in [0.2, 0.25) is 0 Å². The van der Waals surface area contributed by atoms with Crippen LogP contribution in [0.1, 0.15) is 33.6 Å². The predicted octanol–water partition coefficient (Wildman–Crippen LogP) is -0.531. The van der Waals surface area contributed by atoms with Crippen LogP contribution in [0.25, 0.3) is 0 Å². The number of carboxylic acids is 2. The van der Waals surface area contributed by atoms with Crippen molar-refractivity contribution in [3.05, 3.63) is 0 Å². The molecule has 0 aromatic heterocycles. The molecule has 118 valence electrons. The van der Waals surface area contributed by atoms with E-state index < -0.39 is 35.9 Å². The van der Waals surface area contributed by atoms with E-state index in [1.165, 1.54) is 0 Å². The van der Waals surface area contributed by atoms with Crippen molar-refractivity contribution < 1.29 is 28.2 Å². The Labute approximate surface area is 122 Å². The van der Waals surface area contributed by atoms with Crippen molar-refractivity contribution in [2.75, 3.05) is 19.8 Å². The van der Waals surface area contributed by atoms with Crippen LogP contribution in [-0.2, 0) is 29.4 Å². The highest BCUT2D eigenvalue weighted by Crippen LogP contribution is 2.13. The zero-order chi connectivity index (χ0) is 15.5. The van der Waals surface area contributed by atoms with E-state index in [-0.39, 0.29) is 5.25 Å². The fraction of sp³-hybridized carbons (Fsp3) is 0.833. The SMILES string of the molecule is CCO[S+](OCC)C(C)CCN[C@@H](CC(=O)[O-])C(=O)O. The Bertz CT molecular complexity index is 296. The van der Waals surface area contributed by atoms with E-state index in [1.54, 1.807) is 0 Å². The molecule has 0 aliphatic rings. The van der Waals surface area contributed by atoms with Gasteiger partial charge in [0.1, 0.15) is 19.3 Å². The van der Waals surface area contributed by atoms with Crippen LogP contribution in [-0.4, -0.2) is 48.1 Å². The number of carbonyl (C=O) groups is 2. The highest BCUT2D eigenvalue weighted by atomic mass is 32.2. The molecule has 0 aliphatic heterocycles. The van der Waals surface area contributed by atoms with Crippen LogP contribution in [0.5, 0.6) is 0 Å². The van der Waals surface area contributed by atoms with Crippen molar-refractivity contribution in [1.82, 2.24) is 5.32 Å².